The van der Waals surface area contributed by atoms with Gasteiger partial charge in [-0.2, -0.15) is 0 Å². The van der Waals surface area contributed by atoms with Crippen LogP contribution in [0.5, 0.6) is 11.5 Å². The van der Waals surface area contributed by atoms with E-state index in [1.165, 1.54) is 12.1 Å². The molecule has 0 bridgehead atoms. The van der Waals surface area contributed by atoms with Crippen LogP contribution in [-0.4, -0.2) is 31.6 Å². The molecule has 1 aliphatic heterocycles. The van der Waals surface area contributed by atoms with E-state index >= 15 is 0 Å². The molecule has 1 heterocycles. The fraction of sp³-hybridized carbons (Fsp3) is 0.500. The minimum atomic E-state index is 0.277. The Morgan fingerprint density at radius 2 is 2.05 bits per heavy atom. The summed E-state index contributed by atoms with van der Waals surface area (Å²) in [4.78, 5) is 14.2. The molecule has 1 atom stereocenters. The molecule has 1 aromatic rings. The minimum Gasteiger partial charge on any atom is -0.493 e. The van der Waals surface area contributed by atoms with Crippen molar-refractivity contribution in [1.82, 2.24) is 4.90 Å². The van der Waals surface area contributed by atoms with Gasteiger partial charge in [0.05, 0.1) is 14.2 Å². The molecule has 1 amide bonds. The molecule has 0 saturated carbocycles. The number of allylic oxidation sites excluding steroid dienone is 2. The molecular formula is C18H23NO3. The highest BCUT2D eigenvalue weighted by atomic mass is 16.5. The molecule has 0 radical (unpaired) electrons. The highest BCUT2D eigenvalue weighted by Gasteiger charge is 2.35. The van der Waals surface area contributed by atoms with Crippen molar-refractivity contribution in [3.05, 3.63) is 35.5 Å². The van der Waals surface area contributed by atoms with Crippen molar-refractivity contribution in [2.45, 2.75) is 32.1 Å². The number of hydrogen-bond donors (Lipinski definition) is 0. The van der Waals surface area contributed by atoms with Crippen molar-refractivity contribution < 1.29 is 14.3 Å². The van der Waals surface area contributed by atoms with Crippen molar-refractivity contribution >= 4 is 5.91 Å². The molecule has 4 nitrogen and oxygen atoms in total. The fourth-order valence-corrected chi connectivity index (χ4v) is 3.46. The average molecular weight is 301 g/mol. The summed E-state index contributed by atoms with van der Waals surface area (Å²) in [6, 6.07) is 5.95. The maximum atomic E-state index is 12.2. The monoisotopic (exact) mass is 301 g/mol. The Hall–Kier alpha value is -1.97. The van der Waals surface area contributed by atoms with Gasteiger partial charge in [0.15, 0.2) is 11.5 Å². The van der Waals surface area contributed by atoms with Gasteiger partial charge in [0.2, 0.25) is 5.91 Å². The van der Waals surface area contributed by atoms with E-state index < -0.39 is 0 Å². The lowest BCUT2D eigenvalue weighted by Gasteiger charge is -2.23. The first-order valence-corrected chi connectivity index (χ1v) is 7.94. The standard InChI is InChI=1S/C18H23NO3/c1-21-16-8-7-13(11-17(16)22-2)9-10-19-15-6-4-3-5-14(15)12-18(19)20/h6-8,11,14H,3-5,9-10,12H2,1-2H3. The van der Waals surface area contributed by atoms with Gasteiger partial charge in [-0.25, -0.2) is 0 Å². The van der Waals surface area contributed by atoms with E-state index in [4.69, 9.17) is 9.47 Å². The number of likely N-dealkylation sites (tertiary alicyclic amines) is 1. The van der Waals surface area contributed by atoms with Crippen molar-refractivity contribution in [1.29, 1.82) is 0 Å². The van der Waals surface area contributed by atoms with Crippen molar-refractivity contribution in [2.75, 3.05) is 20.8 Å². The van der Waals surface area contributed by atoms with E-state index in [-0.39, 0.29) is 5.91 Å². The molecule has 118 valence electrons. The van der Waals surface area contributed by atoms with Crippen LogP contribution in [0.15, 0.2) is 30.0 Å². The van der Waals surface area contributed by atoms with Crippen LogP contribution in [0.25, 0.3) is 0 Å². The highest BCUT2D eigenvalue weighted by molar-refractivity contribution is 5.82. The van der Waals surface area contributed by atoms with E-state index in [9.17, 15) is 4.79 Å². The molecule has 2 aliphatic rings. The SMILES string of the molecule is COc1ccc(CCN2C(=O)CC3CCCC=C32)cc1OC. The Bertz CT molecular complexity index is 594. The Balaban J connectivity index is 1.69. The summed E-state index contributed by atoms with van der Waals surface area (Å²) < 4.78 is 10.6. The first-order valence-electron chi connectivity index (χ1n) is 7.94. The van der Waals surface area contributed by atoms with E-state index in [0.717, 1.165) is 42.9 Å². The second kappa shape index (κ2) is 6.42. The quantitative estimate of drug-likeness (QED) is 0.838. The van der Waals surface area contributed by atoms with Gasteiger partial charge in [0, 0.05) is 24.6 Å². The number of nitrogens with zero attached hydrogens (tertiary/aromatic N) is 1. The molecule has 1 fully saturated rings. The molecule has 0 spiro atoms. The summed E-state index contributed by atoms with van der Waals surface area (Å²) in [6.07, 6.45) is 7.25. The third kappa shape index (κ3) is 2.82. The molecule has 1 aromatic carbocycles. The van der Waals surface area contributed by atoms with Gasteiger partial charge in [-0.1, -0.05) is 12.1 Å². The second-order valence-electron chi connectivity index (χ2n) is 5.95. The molecule has 0 aromatic heterocycles. The summed E-state index contributed by atoms with van der Waals surface area (Å²) in [6.45, 7) is 0.747. The number of benzene rings is 1. The maximum absolute atomic E-state index is 12.2. The van der Waals surface area contributed by atoms with Gasteiger partial charge in [0.1, 0.15) is 0 Å². The number of ether oxygens (including phenoxy) is 2. The number of hydrogen-bond acceptors (Lipinski definition) is 3. The summed E-state index contributed by atoms with van der Waals surface area (Å²) in [5.41, 5.74) is 2.42. The van der Waals surface area contributed by atoms with Gasteiger partial charge in [-0.05, 0) is 43.4 Å². The first-order chi connectivity index (χ1) is 10.7. The summed E-state index contributed by atoms with van der Waals surface area (Å²) in [5, 5.41) is 0. The van der Waals surface area contributed by atoms with Crippen LogP contribution in [0.3, 0.4) is 0 Å². The number of carbonyl (C=O) groups excluding carboxylic acids is 1. The Labute approximate surface area is 131 Å². The number of methoxy groups -OCH3 is 2. The smallest absolute Gasteiger partial charge is 0.227 e. The minimum absolute atomic E-state index is 0.277. The maximum Gasteiger partial charge on any atom is 0.227 e. The summed E-state index contributed by atoms with van der Waals surface area (Å²) in [7, 11) is 3.28. The highest BCUT2D eigenvalue weighted by Crippen LogP contribution is 2.37. The summed E-state index contributed by atoms with van der Waals surface area (Å²) >= 11 is 0. The molecule has 0 N–H and O–H groups in total. The average Bonchev–Trinajstić information content (AvgIpc) is 2.87. The molecule has 3 rings (SSSR count). The Morgan fingerprint density at radius 1 is 1.23 bits per heavy atom. The third-order valence-electron chi connectivity index (χ3n) is 4.63. The largest absolute Gasteiger partial charge is 0.493 e. The lowest BCUT2D eigenvalue weighted by Crippen LogP contribution is -2.26. The molecule has 22 heavy (non-hydrogen) atoms. The van der Waals surface area contributed by atoms with Crippen LogP contribution >= 0.6 is 0 Å². The van der Waals surface area contributed by atoms with Crippen molar-refractivity contribution in [2.24, 2.45) is 5.92 Å². The van der Waals surface area contributed by atoms with Crippen LogP contribution < -0.4 is 9.47 Å². The zero-order chi connectivity index (χ0) is 15.5. The van der Waals surface area contributed by atoms with E-state index in [1.54, 1.807) is 14.2 Å². The third-order valence-corrected chi connectivity index (χ3v) is 4.63. The fourth-order valence-electron chi connectivity index (χ4n) is 3.46. The molecular weight excluding hydrogens is 278 g/mol. The van der Waals surface area contributed by atoms with Gasteiger partial charge in [-0.3, -0.25) is 4.79 Å². The van der Waals surface area contributed by atoms with Crippen LogP contribution in [0.1, 0.15) is 31.2 Å². The normalized spacial score (nSPS) is 20.6. The predicted molar refractivity (Wildman–Crippen MR) is 85.0 cm³/mol. The number of rotatable bonds is 5. The molecule has 4 heteroatoms. The number of fused-ring (bicyclic) bond motifs is 1. The Morgan fingerprint density at radius 3 is 2.82 bits per heavy atom. The molecule has 1 aliphatic carbocycles. The van der Waals surface area contributed by atoms with E-state index in [0.29, 0.717) is 12.3 Å². The summed E-state index contributed by atoms with van der Waals surface area (Å²) in [5.74, 6) is 2.21. The Kier molecular flexibility index (Phi) is 4.36. The lowest BCUT2D eigenvalue weighted by molar-refractivity contribution is -0.126. The number of amides is 1. The number of carbonyl (C=O) groups is 1. The van der Waals surface area contributed by atoms with Gasteiger partial charge < -0.3 is 14.4 Å². The topological polar surface area (TPSA) is 38.8 Å². The van der Waals surface area contributed by atoms with E-state index in [2.05, 4.69) is 6.08 Å². The van der Waals surface area contributed by atoms with Crippen LogP contribution in [0.2, 0.25) is 0 Å². The second-order valence-corrected chi connectivity index (χ2v) is 5.95. The van der Waals surface area contributed by atoms with Crippen LogP contribution in [-0.2, 0) is 11.2 Å². The van der Waals surface area contributed by atoms with Crippen LogP contribution in [0.4, 0.5) is 0 Å². The van der Waals surface area contributed by atoms with Gasteiger partial charge >= 0.3 is 0 Å². The van der Waals surface area contributed by atoms with Crippen molar-refractivity contribution in [3.8, 4) is 11.5 Å². The first kappa shape index (κ1) is 14.9. The zero-order valence-corrected chi connectivity index (χ0v) is 13.3. The lowest BCUT2D eigenvalue weighted by atomic mass is 9.92. The van der Waals surface area contributed by atoms with Crippen molar-refractivity contribution in [3.63, 3.8) is 0 Å². The van der Waals surface area contributed by atoms with Crippen LogP contribution in [0, 0.1) is 5.92 Å². The molecule has 1 unspecified atom stereocenters. The molecule has 1 saturated heterocycles. The van der Waals surface area contributed by atoms with E-state index in [1.807, 2.05) is 23.1 Å². The van der Waals surface area contributed by atoms with Gasteiger partial charge in [-0.15, -0.1) is 0 Å². The predicted octanol–water partition coefficient (Wildman–Crippen LogP) is 3.16. The van der Waals surface area contributed by atoms with Gasteiger partial charge in [0.25, 0.3) is 0 Å². The zero-order valence-electron chi connectivity index (χ0n) is 13.3.